The van der Waals surface area contributed by atoms with E-state index in [1.165, 1.54) is 11.1 Å². The molecule has 23 heavy (non-hydrogen) atoms. The van der Waals surface area contributed by atoms with Crippen molar-refractivity contribution in [3.63, 3.8) is 0 Å². The molecule has 0 saturated heterocycles. The summed E-state index contributed by atoms with van der Waals surface area (Å²) in [5.74, 6) is 0.950. The fourth-order valence-corrected chi connectivity index (χ4v) is 3.47. The molecule has 0 amide bonds. The highest BCUT2D eigenvalue weighted by atomic mass is 15.1. The minimum Gasteiger partial charge on any atom is -0.334 e. The Bertz CT molecular complexity index is 687. The van der Waals surface area contributed by atoms with E-state index in [9.17, 15) is 0 Å². The number of imidazole rings is 1. The molecule has 2 atom stereocenters. The van der Waals surface area contributed by atoms with Crippen LogP contribution in [0.2, 0.25) is 0 Å². The minimum absolute atomic E-state index is 0.389. The van der Waals surface area contributed by atoms with Crippen molar-refractivity contribution < 1.29 is 0 Å². The molecule has 0 aliphatic heterocycles. The molecule has 2 aromatic carbocycles. The molecule has 2 unspecified atom stereocenters. The summed E-state index contributed by atoms with van der Waals surface area (Å²) in [7, 11) is 0. The number of nitrogens with zero attached hydrogens (tertiary/aromatic N) is 2. The van der Waals surface area contributed by atoms with Crippen molar-refractivity contribution in [3.05, 3.63) is 90.5 Å². The van der Waals surface area contributed by atoms with Gasteiger partial charge in [0.2, 0.25) is 0 Å². The van der Waals surface area contributed by atoms with Gasteiger partial charge in [-0.3, -0.25) is 0 Å². The van der Waals surface area contributed by atoms with Crippen LogP contribution in [-0.2, 0) is 6.42 Å². The number of aromatic nitrogens is 2. The zero-order valence-electron chi connectivity index (χ0n) is 13.8. The van der Waals surface area contributed by atoms with Gasteiger partial charge >= 0.3 is 0 Å². The largest absolute Gasteiger partial charge is 0.334 e. The van der Waals surface area contributed by atoms with Gasteiger partial charge in [-0.25, -0.2) is 4.98 Å². The Labute approximate surface area is 138 Å². The van der Waals surface area contributed by atoms with Crippen molar-refractivity contribution >= 4 is 0 Å². The van der Waals surface area contributed by atoms with Gasteiger partial charge in [0.25, 0.3) is 0 Å². The van der Waals surface area contributed by atoms with Crippen LogP contribution in [0, 0.1) is 5.92 Å². The van der Waals surface area contributed by atoms with E-state index in [0.717, 1.165) is 6.42 Å². The molecule has 0 aliphatic carbocycles. The second-order valence-electron chi connectivity index (χ2n) is 6.45. The Morgan fingerprint density at radius 1 is 0.913 bits per heavy atom. The normalized spacial score (nSPS) is 13.9. The second-order valence-corrected chi connectivity index (χ2v) is 6.45. The number of hydrogen-bond donors (Lipinski definition) is 0. The summed E-state index contributed by atoms with van der Waals surface area (Å²) in [6.07, 6.45) is 6.95. The number of rotatable bonds is 6. The van der Waals surface area contributed by atoms with Gasteiger partial charge in [0, 0.05) is 24.4 Å². The first-order valence-electron chi connectivity index (χ1n) is 8.32. The Balaban J connectivity index is 2.00. The van der Waals surface area contributed by atoms with Gasteiger partial charge in [-0.1, -0.05) is 74.5 Å². The average Bonchev–Trinajstić information content (AvgIpc) is 3.10. The SMILES string of the molecule is CC(C)C(C(Cc1ccccc1)c1ccccc1)n1ccnc1. The summed E-state index contributed by atoms with van der Waals surface area (Å²) in [5.41, 5.74) is 2.77. The fraction of sp³-hybridized carbons (Fsp3) is 0.286. The first-order chi connectivity index (χ1) is 11.3. The number of benzene rings is 2. The molecule has 1 aromatic heterocycles. The zero-order valence-corrected chi connectivity index (χ0v) is 13.8. The second kappa shape index (κ2) is 7.28. The van der Waals surface area contributed by atoms with Crippen molar-refractivity contribution in [2.75, 3.05) is 0 Å². The van der Waals surface area contributed by atoms with Crippen LogP contribution in [0.25, 0.3) is 0 Å². The Morgan fingerprint density at radius 3 is 2.13 bits per heavy atom. The lowest BCUT2D eigenvalue weighted by Gasteiger charge is -2.32. The highest BCUT2D eigenvalue weighted by Gasteiger charge is 2.27. The highest BCUT2D eigenvalue weighted by Crippen LogP contribution is 2.37. The molecule has 0 saturated carbocycles. The third-order valence-corrected chi connectivity index (χ3v) is 4.49. The van der Waals surface area contributed by atoms with E-state index < -0.39 is 0 Å². The van der Waals surface area contributed by atoms with Crippen molar-refractivity contribution in [2.24, 2.45) is 5.92 Å². The summed E-state index contributed by atoms with van der Waals surface area (Å²) in [6, 6.07) is 22.0. The molecule has 0 N–H and O–H groups in total. The molecular formula is C21H24N2. The van der Waals surface area contributed by atoms with Crippen LogP contribution in [0.1, 0.15) is 36.9 Å². The molecule has 0 radical (unpaired) electrons. The summed E-state index contributed by atoms with van der Waals surface area (Å²) < 4.78 is 2.27. The van der Waals surface area contributed by atoms with Gasteiger partial charge in [-0.2, -0.15) is 0 Å². The van der Waals surface area contributed by atoms with Crippen molar-refractivity contribution in [3.8, 4) is 0 Å². The van der Waals surface area contributed by atoms with Crippen LogP contribution in [-0.4, -0.2) is 9.55 Å². The Hall–Kier alpha value is -2.35. The van der Waals surface area contributed by atoms with E-state index in [1.807, 2.05) is 12.5 Å². The minimum atomic E-state index is 0.389. The Morgan fingerprint density at radius 2 is 1.57 bits per heavy atom. The topological polar surface area (TPSA) is 17.8 Å². The maximum atomic E-state index is 4.27. The standard InChI is InChI=1S/C21H24N2/c1-17(2)21(23-14-13-22-16-23)20(19-11-7-4-8-12-19)15-18-9-5-3-6-10-18/h3-14,16-17,20-21H,15H2,1-2H3. The Kier molecular flexibility index (Phi) is 4.92. The molecule has 3 aromatic rings. The van der Waals surface area contributed by atoms with E-state index in [-0.39, 0.29) is 0 Å². The molecular weight excluding hydrogens is 280 g/mol. The molecule has 2 nitrogen and oxygen atoms in total. The maximum Gasteiger partial charge on any atom is 0.0948 e. The van der Waals surface area contributed by atoms with Gasteiger partial charge in [-0.15, -0.1) is 0 Å². The molecule has 0 fully saturated rings. The van der Waals surface area contributed by atoms with Gasteiger partial charge in [0.1, 0.15) is 0 Å². The molecule has 0 bridgehead atoms. The van der Waals surface area contributed by atoms with E-state index in [0.29, 0.717) is 17.9 Å². The summed E-state index contributed by atoms with van der Waals surface area (Å²) in [5, 5.41) is 0. The van der Waals surface area contributed by atoms with Crippen LogP contribution in [0.5, 0.6) is 0 Å². The van der Waals surface area contributed by atoms with Crippen LogP contribution in [0.3, 0.4) is 0 Å². The van der Waals surface area contributed by atoms with Gasteiger partial charge in [-0.05, 0) is 23.5 Å². The maximum absolute atomic E-state index is 4.27. The first kappa shape index (κ1) is 15.5. The van der Waals surface area contributed by atoms with E-state index in [4.69, 9.17) is 0 Å². The van der Waals surface area contributed by atoms with Gasteiger partial charge in [0.05, 0.1) is 6.33 Å². The zero-order chi connectivity index (χ0) is 16.1. The lowest BCUT2D eigenvalue weighted by Crippen LogP contribution is -2.24. The molecule has 118 valence electrons. The van der Waals surface area contributed by atoms with Crippen molar-refractivity contribution in [1.29, 1.82) is 0 Å². The van der Waals surface area contributed by atoms with Crippen molar-refractivity contribution in [1.82, 2.24) is 9.55 Å². The quantitative estimate of drug-likeness (QED) is 0.619. The van der Waals surface area contributed by atoms with Crippen LogP contribution in [0.4, 0.5) is 0 Å². The molecule has 0 aliphatic rings. The highest BCUT2D eigenvalue weighted by molar-refractivity contribution is 5.26. The third-order valence-electron chi connectivity index (χ3n) is 4.49. The van der Waals surface area contributed by atoms with E-state index >= 15 is 0 Å². The molecule has 3 rings (SSSR count). The third kappa shape index (κ3) is 3.70. The predicted octanol–water partition coefficient (Wildman–Crippen LogP) is 5.11. The van der Waals surface area contributed by atoms with E-state index in [1.54, 1.807) is 0 Å². The molecule has 1 heterocycles. The molecule has 0 spiro atoms. The van der Waals surface area contributed by atoms with Gasteiger partial charge in [0.15, 0.2) is 0 Å². The summed E-state index contributed by atoms with van der Waals surface area (Å²) in [4.78, 5) is 4.27. The van der Waals surface area contributed by atoms with Gasteiger partial charge < -0.3 is 4.57 Å². The van der Waals surface area contributed by atoms with Crippen LogP contribution < -0.4 is 0 Å². The molecule has 2 heteroatoms. The van der Waals surface area contributed by atoms with E-state index in [2.05, 4.69) is 90.3 Å². The van der Waals surface area contributed by atoms with Crippen LogP contribution >= 0.6 is 0 Å². The number of hydrogen-bond acceptors (Lipinski definition) is 1. The summed E-state index contributed by atoms with van der Waals surface area (Å²) in [6.45, 7) is 4.59. The smallest absolute Gasteiger partial charge is 0.0948 e. The fourth-order valence-electron chi connectivity index (χ4n) is 3.47. The lowest BCUT2D eigenvalue weighted by molar-refractivity contribution is 0.312. The monoisotopic (exact) mass is 304 g/mol. The van der Waals surface area contributed by atoms with Crippen molar-refractivity contribution in [2.45, 2.75) is 32.2 Å². The van der Waals surface area contributed by atoms with Crippen LogP contribution in [0.15, 0.2) is 79.4 Å². The lowest BCUT2D eigenvalue weighted by atomic mass is 9.81. The summed E-state index contributed by atoms with van der Waals surface area (Å²) >= 11 is 0. The first-order valence-corrected chi connectivity index (χ1v) is 8.32. The predicted molar refractivity (Wildman–Crippen MR) is 95.4 cm³/mol. The average molecular weight is 304 g/mol.